The van der Waals surface area contributed by atoms with E-state index in [1.165, 1.54) is 43.0 Å². The van der Waals surface area contributed by atoms with Gasteiger partial charge in [0.2, 0.25) is 5.91 Å². The Morgan fingerprint density at radius 1 is 1.53 bits per heavy atom. The van der Waals surface area contributed by atoms with Gasteiger partial charge in [0, 0.05) is 13.5 Å². The molecule has 1 aromatic heterocycles. The Kier molecular flexibility index (Phi) is 4.56. The molecule has 1 amide bonds. The number of nitriles is 1. The van der Waals surface area contributed by atoms with E-state index < -0.39 is 0 Å². The number of aryl methyl sites for hydroxylation is 1. The molecule has 5 heteroatoms. The van der Waals surface area contributed by atoms with Crippen molar-refractivity contribution in [3.63, 3.8) is 0 Å². The molecule has 0 aromatic carbocycles. The molecule has 1 N–H and O–H groups in total. The van der Waals surface area contributed by atoms with Crippen molar-refractivity contribution in [3.8, 4) is 6.07 Å². The first-order valence-electron chi connectivity index (χ1n) is 6.92. The van der Waals surface area contributed by atoms with E-state index in [1.807, 2.05) is 6.07 Å². The Morgan fingerprint density at radius 3 is 2.95 bits per heavy atom. The molecule has 1 fully saturated rings. The summed E-state index contributed by atoms with van der Waals surface area (Å²) in [6, 6.07) is 2.03. The third-order valence-corrected chi connectivity index (χ3v) is 3.82. The van der Waals surface area contributed by atoms with Crippen molar-refractivity contribution in [2.24, 2.45) is 13.0 Å². The quantitative estimate of drug-likeness (QED) is 0.904. The minimum atomic E-state index is -0.0225. The van der Waals surface area contributed by atoms with Gasteiger partial charge in [-0.1, -0.05) is 32.1 Å². The first-order valence-corrected chi connectivity index (χ1v) is 6.92. The zero-order valence-electron chi connectivity index (χ0n) is 11.4. The fraction of sp³-hybridized carbons (Fsp3) is 0.643. The van der Waals surface area contributed by atoms with E-state index in [4.69, 9.17) is 5.26 Å². The largest absolute Gasteiger partial charge is 0.310 e. The predicted molar refractivity (Wildman–Crippen MR) is 72.4 cm³/mol. The molecular formula is C14H20N4O. The molecule has 0 unspecified atom stereocenters. The van der Waals surface area contributed by atoms with Crippen LogP contribution < -0.4 is 5.32 Å². The summed E-state index contributed by atoms with van der Waals surface area (Å²) in [6.07, 6.45) is 9.39. The molecule has 5 nitrogen and oxygen atoms in total. The van der Waals surface area contributed by atoms with Crippen LogP contribution in [0.1, 0.15) is 50.5 Å². The van der Waals surface area contributed by atoms with Crippen LogP contribution in [0.25, 0.3) is 0 Å². The molecule has 1 aliphatic rings. The van der Waals surface area contributed by atoms with E-state index >= 15 is 0 Å². The third-order valence-electron chi connectivity index (χ3n) is 3.82. The monoisotopic (exact) mass is 260 g/mol. The molecule has 102 valence electrons. The molecule has 0 atom stereocenters. The molecule has 19 heavy (non-hydrogen) atoms. The van der Waals surface area contributed by atoms with E-state index in [9.17, 15) is 4.79 Å². The van der Waals surface area contributed by atoms with Crippen LogP contribution in [0.15, 0.2) is 6.20 Å². The van der Waals surface area contributed by atoms with E-state index in [0.717, 1.165) is 6.42 Å². The van der Waals surface area contributed by atoms with Crippen LogP contribution in [0, 0.1) is 17.2 Å². The van der Waals surface area contributed by atoms with Gasteiger partial charge in [-0.2, -0.15) is 10.4 Å². The van der Waals surface area contributed by atoms with Crippen molar-refractivity contribution in [1.29, 1.82) is 5.26 Å². The average Bonchev–Trinajstić information content (AvgIpc) is 2.78. The van der Waals surface area contributed by atoms with Gasteiger partial charge in [0.1, 0.15) is 17.5 Å². The van der Waals surface area contributed by atoms with Gasteiger partial charge in [-0.3, -0.25) is 9.48 Å². The predicted octanol–water partition coefficient (Wildman–Crippen LogP) is 2.59. The molecule has 2 rings (SSSR count). The van der Waals surface area contributed by atoms with Gasteiger partial charge in [0.25, 0.3) is 0 Å². The van der Waals surface area contributed by atoms with Crippen LogP contribution in [0.5, 0.6) is 0 Å². The smallest absolute Gasteiger partial charge is 0.225 e. The molecule has 1 heterocycles. The van der Waals surface area contributed by atoms with Crippen molar-refractivity contribution in [1.82, 2.24) is 9.78 Å². The first kappa shape index (κ1) is 13.6. The number of rotatable bonds is 4. The summed E-state index contributed by atoms with van der Waals surface area (Å²) in [4.78, 5) is 11.9. The normalized spacial score (nSPS) is 16.0. The number of anilines is 1. The van der Waals surface area contributed by atoms with Gasteiger partial charge in [-0.05, 0) is 12.3 Å². The molecule has 1 aromatic rings. The SMILES string of the molecule is Cn1ncc(C#N)c1NC(=O)CCC1CCCCC1. The average molecular weight is 260 g/mol. The number of carbonyl (C=O) groups excluding carboxylic acids is 1. The lowest BCUT2D eigenvalue weighted by Crippen LogP contribution is -2.17. The van der Waals surface area contributed by atoms with Crippen LogP contribution in [0.4, 0.5) is 5.82 Å². The van der Waals surface area contributed by atoms with Crippen molar-refractivity contribution in [2.75, 3.05) is 5.32 Å². The zero-order chi connectivity index (χ0) is 13.7. The molecule has 0 saturated heterocycles. The first-order chi connectivity index (χ1) is 9.20. The summed E-state index contributed by atoms with van der Waals surface area (Å²) < 4.78 is 1.52. The number of hydrogen-bond donors (Lipinski definition) is 1. The van der Waals surface area contributed by atoms with E-state index in [2.05, 4.69) is 10.4 Å². The minimum Gasteiger partial charge on any atom is -0.310 e. The standard InChI is InChI=1S/C14H20N4O/c1-18-14(12(9-15)10-16-18)17-13(19)8-7-11-5-3-2-4-6-11/h10-11H,2-8H2,1H3,(H,17,19). The maximum absolute atomic E-state index is 11.9. The molecule has 1 aliphatic carbocycles. The summed E-state index contributed by atoms with van der Waals surface area (Å²) >= 11 is 0. The summed E-state index contributed by atoms with van der Waals surface area (Å²) in [5.41, 5.74) is 0.411. The van der Waals surface area contributed by atoms with Crippen LogP contribution in [0.2, 0.25) is 0 Å². The van der Waals surface area contributed by atoms with Crippen molar-refractivity contribution in [3.05, 3.63) is 11.8 Å². The highest BCUT2D eigenvalue weighted by atomic mass is 16.1. The lowest BCUT2D eigenvalue weighted by Gasteiger charge is -2.20. The lowest BCUT2D eigenvalue weighted by atomic mass is 9.86. The Bertz CT molecular complexity index is 480. The second-order valence-corrected chi connectivity index (χ2v) is 5.23. The highest BCUT2D eigenvalue weighted by molar-refractivity contribution is 5.91. The van der Waals surface area contributed by atoms with Crippen LogP contribution in [-0.4, -0.2) is 15.7 Å². The zero-order valence-corrected chi connectivity index (χ0v) is 11.4. The second kappa shape index (κ2) is 6.37. The van der Waals surface area contributed by atoms with Crippen molar-refractivity contribution < 1.29 is 4.79 Å². The Balaban J connectivity index is 1.84. The van der Waals surface area contributed by atoms with Gasteiger partial charge in [-0.25, -0.2) is 0 Å². The minimum absolute atomic E-state index is 0.0225. The van der Waals surface area contributed by atoms with E-state index in [0.29, 0.717) is 23.7 Å². The highest BCUT2D eigenvalue weighted by Gasteiger charge is 2.16. The lowest BCUT2D eigenvalue weighted by molar-refractivity contribution is -0.116. The summed E-state index contributed by atoms with van der Waals surface area (Å²) in [7, 11) is 1.72. The molecular weight excluding hydrogens is 240 g/mol. The molecule has 0 aliphatic heterocycles. The van der Waals surface area contributed by atoms with Crippen LogP contribution in [-0.2, 0) is 11.8 Å². The van der Waals surface area contributed by atoms with Gasteiger partial charge >= 0.3 is 0 Å². The summed E-state index contributed by atoms with van der Waals surface area (Å²) in [5, 5.41) is 15.7. The van der Waals surface area contributed by atoms with Gasteiger partial charge in [0.05, 0.1) is 6.20 Å². The number of nitrogens with zero attached hydrogens (tertiary/aromatic N) is 3. The van der Waals surface area contributed by atoms with Gasteiger partial charge in [-0.15, -0.1) is 0 Å². The van der Waals surface area contributed by atoms with Crippen molar-refractivity contribution in [2.45, 2.75) is 44.9 Å². The topological polar surface area (TPSA) is 70.7 Å². The van der Waals surface area contributed by atoms with Gasteiger partial charge < -0.3 is 5.32 Å². The van der Waals surface area contributed by atoms with Gasteiger partial charge in [0.15, 0.2) is 0 Å². The molecule has 1 saturated carbocycles. The summed E-state index contributed by atoms with van der Waals surface area (Å²) in [6.45, 7) is 0. The fourth-order valence-corrected chi connectivity index (χ4v) is 2.67. The van der Waals surface area contributed by atoms with E-state index in [-0.39, 0.29) is 5.91 Å². The molecule has 0 spiro atoms. The number of carbonyl (C=O) groups is 1. The third kappa shape index (κ3) is 3.57. The number of nitrogens with one attached hydrogen (secondary N) is 1. The number of aromatic nitrogens is 2. The van der Waals surface area contributed by atoms with Crippen molar-refractivity contribution >= 4 is 11.7 Å². The Labute approximate surface area is 113 Å². The van der Waals surface area contributed by atoms with E-state index in [1.54, 1.807) is 7.05 Å². The molecule has 0 radical (unpaired) electrons. The Hall–Kier alpha value is -1.83. The second-order valence-electron chi connectivity index (χ2n) is 5.23. The Morgan fingerprint density at radius 2 is 2.26 bits per heavy atom. The molecule has 0 bridgehead atoms. The number of amides is 1. The summed E-state index contributed by atoms with van der Waals surface area (Å²) in [5.74, 6) is 1.17. The maximum Gasteiger partial charge on any atom is 0.225 e. The fourth-order valence-electron chi connectivity index (χ4n) is 2.67. The number of hydrogen-bond acceptors (Lipinski definition) is 3. The van der Waals surface area contributed by atoms with Crippen LogP contribution in [0.3, 0.4) is 0 Å². The highest BCUT2D eigenvalue weighted by Crippen LogP contribution is 2.27. The van der Waals surface area contributed by atoms with Crippen LogP contribution >= 0.6 is 0 Å². The maximum atomic E-state index is 11.9.